The van der Waals surface area contributed by atoms with Gasteiger partial charge in [0, 0.05) is 63.2 Å². The number of carbonyl (C=O) groups is 2. The Morgan fingerprint density at radius 2 is 1.90 bits per heavy atom. The number of piperazine rings is 1. The minimum absolute atomic E-state index is 0.130. The third-order valence-electron chi connectivity index (χ3n) is 5.49. The van der Waals surface area contributed by atoms with Crippen molar-refractivity contribution in [3.63, 3.8) is 0 Å². The van der Waals surface area contributed by atoms with Crippen molar-refractivity contribution >= 4 is 17.6 Å². The maximum Gasteiger partial charge on any atom is 0.252 e. The average molecular weight is 399 g/mol. The molecule has 2 aromatic rings. The van der Waals surface area contributed by atoms with Crippen LogP contribution >= 0.6 is 0 Å². The summed E-state index contributed by atoms with van der Waals surface area (Å²) in [5.74, 6) is 1.10. The summed E-state index contributed by atoms with van der Waals surface area (Å²) in [6, 6.07) is 3.68. The highest BCUT2D eigenvalue weighted by molar-refractivity contribution is 5.94. The summed E-state index contributed by atoms with van der Waals surface area (Å²) in [6.07, 6.45) is 7.48. The van der Waals surface area contributed by atoms with Crippen molar-refractivity contribution in [3.8, 4) is 0 Å². The first kappa shape index (κ1) is 20.8. The molecule has 1 aliphatic heterocycles. The first-order valence-electron chi connectivity index (χ1n) is 10.4. The van der Waals surface area contributed by atoms with E-state index < -0.39 is 0 Å². The second kappa shape index (κ2) is 10.0. The highest BCUT2D eigenvalue weighted by Gasteiger charge is 2.25. The summed E-state index contributed by atoms with van der Waals surface area (Å²) < 4.78 is 0. The Labute approximate surface area is 171 Å². The summed E-state index contributed by atoms with van der Waals surface area (Å²) in [5.41, 5.74) is 1.53. The van der Waals surface area contributed by atoms with Crippen molar-refractivity contribution in [2.24, 2.45) is 5.92 Å². The van der Waals surface area contributed by atoms with Crippen LogP contribution in [0.25, 0.3) is 0 Å². The van der Waals surface area contributed by atoms with Gasteiger partial charge in [-0.3, -0.25) is 9.59 Å². The van der Waals surface area contributed by atoms with E-state index in [2.05, 4.69) is 39.0 Å². The Hall–Kier alpha value is -2.90. The zero-order chi connectivity index (χ0) is 20.6. The topological polar surface area (TPSA) is 94.2 Å². The number of pyridine rings is 1. The van der Waals surface area contributed by atoms with E-state index >= 15 is 0 Å². The SMILES string of the molecule is CCC(CC)C(=O)N1CCN(c2ccc(C(=O)NCCc3cnc[nH]3)cn2)CC1. The van der Waals surface area contributed by atoms with Crippen LogP contribution < -0.4 is 10.2 Å². The van der Waals surface area contributed by atoms with Gasteiger partial charge in [0.2, 0.25) is 5.91 Å². The van der Waals surface area contributed by atoms with E-state index in [9.17, 15) is 9.59 Å². The van der Waals surface area contributed by atoms with E-state index in [0.717, 1.165) is 37.4 Å². The van der Waals surface area contributed by atoms with Gasteiger partial charge in [0.05, 0.1) is 11.9 Å². The molecule has 156 valence electrons. The van der Waals surface area contributed by atoms with E-state index in [-0.39, 0.29) is 17.7 Å². The molecule has 8 heteroatoms. The molecule has 0 aliphatic carbocycles. The first-order chi connectivity index (χ1) is 14.1. The zero-order valence-corrected chi connectivity index (χ0v) is 17.2. The zero-order valence-electron chi connectivity index (χ0n) is 17.2. The molecule has 0 radical (unpaired) electrons. The molecule has 2 amide bonds. The molecular formula is C21H30N6O2. The Morgan fingerprint density at radius 1 is 1.14 bits per heavy atom. The number of amides is 2. The van der Waals surface area contributed by atoms with Crippen molar-refractivity contribution in [3.05, 3.63) is 42.1 Å². The predicted molar refractivity (Wildman–Crippen MR) is 112 cm³/mol. The summed E-state index contributed by atoms with van der Waals surface area (Å²) in [7, 11) is 0. The number of hydrogen-bond acceptors (Lipinski definition) is 5. The summed E-state index contributed by atoms with van der Waals surface area (Å²) >= 11 is 0. The molecule has 29 heavy (non-hydrogen) atoms. The van der Waals surface area contributed by atoms with Crippen molar-refractivity contribution < 1.29 is 9.59 Å². The van der Waals surface area contributed by atoms with Gasteiger partial charge in [0.15, 0.2) is 0 Å². The molecule has 3 heterocycles. The maximum atomic E-state index is 12.5. The van der Waals surface area contributed by atoms with Gasteiger partial charge in [-0.2, -0.15) is 0 Å². The van der Waals surface area contributed by atoms with Crippen LogP contribution in [-0.2, 0) is 11.2 Å². The number of H-pyrrole nitrogens is 1. The Balaban J connectivity index is 1.47. The summed E-state index contributed by atoms with van der Waals surface area (Å²) in [6.45, 7) is 7.63. The number of hydrogen-bond donors (Lipinski definition) is 2. The van der Waals surface area contributed by atoms with E-state index in [4.69, 9.17) is 0 Å². The number of aromatic amines is 1. The smallest absolute Gasteiger partial charge is 0.252 e. The van der Waals surface area contributed by atoms with E-state index in [1.54, 1.807) is 24.8 Å². The number of carbonyl (C=O) groups excluding carboxylic acids is 2. The van der Waals surface area contributed by atoms with Gasteiger partial charge < -0.3 is 20.1 Å². The fourth-order valence-corrected chi connectivity index (χ4v) is 3.59. The molecule has 0 atom stereocenters. The average Bonchev–Trinajstić information content (AvgIpc) is 3.28. The lowest BCUT2D eigenvalue weighted by atomic mass is 10.0. The minimum atomic E-state index is -0.135. The first-order valence-corrected chi connectivity index (χ1v) is 10.4. The van der Waals surface area contributed by atoms with E-state index in [1.807, 2.05) is 11.0 Å². The number of imidazole rings is 1. The largest absolute Gasteiger partial charge is 0.353 e. The van der Waals surface area contributed by atoms with E-state index in [1.165, 1.54) is 0 Å². The monoisotopic (exact) mass is 398 g/mol. The van der Waals surface area contributed by atoms with Crippen LogP contribution in [0.4, 0.5) is 5.82 Å². The number of nitrogens with zero attached hydrogens (tertiary/aromatic N) is 4. The molecule has 2 aromatic heterocycles. The van der Waals surface area contributed by atoms with Crippen molar-refractivity contribution in [2.45, 2.75) is 33.1 Å². The summed E-state index contributed by atoms with van der Waals surface area (Å²) in [5, 5.41) is 2.89. The lowest BCUT2D eigenvalue weighted by Crippen LogP contribution is -2.50. The van der Waals surface area contributed by atoms with Crippen LogP contribution in [0, 0.1) is 5.92 Å². The van der Waals surface area contributed by atoms with Crippen LogP contribution in [0.1, 0.15) is 42.7 Å². The van der Waals surface area contributed by atoms with Gasteiger partial charge in [-0.25, -0.2) is 9.97 Å². The van der Waals surface area contributed by atoms with Crippen LogP contribution in [0.5, 0.6) is 0 Å². The fourth-order valence-electron chi connectivity index (χ4n) is 3.59. The fraction of sp³-hybridized carbons (Fsp3) is 0.524. The molecule has 1 fully saturated rings. The van der Waals surface area contributed by atoms with Gasteiger partial charge in [0.25, 0.3) is 5.91 Å². The van der Waals surface area contributed by atoms with Gasteiger partial charge in [-0.15, -0.1) is 0 Å². The molecule has 2 N–H and O–H groups in total. The van der Waals surface area contributed by atoms with Gasteiger partial charge in [0.1, 0.15) is 5.82 Å². The van der Waals surface area contributed by atoms with Crippen molar-refractivity contribution in [2.75, 3.05) is 37.6 Å². The maximum absolute atomic E-state index is 12.5. The minimum Gasteiger partial charge on any atom is -0.353 e. The van der Waals surface area contributed by atoms with Crippen LogP contribution in [0.15, 0.2) is 30.9 Å². The van der Waals surface area contributed by atoms with Crippen LogP contribution in [0.3, 0.4) is 0 Å². The number of aromatic nitrogens is 3. The Bertz CT molecular complexity index is 778. The molecule has 3 rings (SSSR count). The number of anilines is 1. The molecule has 0 spiro atoms. The van der Waals surface area contributed by atoms with Gasteiger partial charge in [-0.05, 0) is 25.0 Å². The molecule has 1 aliphatic rings. The van der Waals surface area contributed by atoms with Crippen molar-refractivity contribution in [1.82, 2.24) is 25.2 Å². The summed E-state index contributed by atoms with van der Waals surface area (Å²) in [4.78, 5) is 40.4. The highest BCUT2D eigenvalue weighted by atomic mass is 16.2. The molecule has 8 nitrogen and oxygen atoms in total. The predicted octanol–water partition coefficient (Wildman–Crippen LogP) is 1.86. The van der Waals surface area contributed by atoms with Gasteiger partial charge in [-0.1, -0.05) is 13.8 Å². The third-order valence-corrected chi connectivity index (χ3v) is 5.49. The number of rotatable bonds is 8. The lowest BCUT2D eigenvalue weighted by Gasteiger charge is -2.36. The van der Waals surface area contributed by atoms with Crippen LogP contribution in [0.2, 0.25) is 0 Å². The van der Waals surface area contributed by atoms with E-state index in [0.29, 0.717) is 31.6 Å². The van der Waals surface area contributed by atoms with Crippen LogP contribution in [-0.4, -0.2) is 64.4 Å². The lowest BCUT2D eigenvalue weighted by molar-refractivity contribution is -0.136. The third kappa shape index (κ3) is 5.34. The van der Waals surface area contributed by atoms with Crippen molar-refractivity contribution in [1.29, 1.82) is 0 Å². The Kier molecular flexibility index (Phi) is 7.21. The molecule has 0 aromatic carbocycles. The highest BCUT2D eigenvalue weighted by Crippen LogP contribution is 2.17. The standard InChI is InChI=1S/C21H30N6O2/c1-3-16(4-2)21(29)27-11-9-26(10-12-27)19-6-5-17(13-24-19)20(28)23-8-7-18-14-22-15-25-18/h5-6,13-16H,3-4,7-12H2,1-2H3,(H,22,25)(H,23,28). The normalized spacial score (nSPS) is 14.3. The molecule has 1 saturated heterocycles. The molecule has 0 bridgehead atoms. The Morgan fingerprint density at radius 3 is 2.48 bits per heavy atom. The molecule has 0 saturated carbocycles. The molecule has 0 unspecified atom stereocenters. The molecular weight excluding hydrogens is 368 g/mol. The van der Waals surface area contributed by atoms with Gasteiger partial charge >= 0.3 is 0 Å². The quantitative estimate of drug-likeness (QED) is 0.708. The second-order valence-corrected chi connectivity index (χ2v) is 7.31. The second-order valence-electron chi connectivity index (χ2n) is 7.31. The number of nitrogens with one attached hydrogen (secondary N) is 2.